The highest BCUT2D eigenvalue weighted by molar-refractivity contribution is 6.24. The second kappa shape index (κ2) is 16.1. The molecule has 0 unspecified atom stereocenters. The fraction of sp³-hybridized carbons (Fsp3) is 0.0492. The van der Waals surface area contributed by atoms with Crippen molar-refractivity contribution in [3.63, 3.8) is 0 Å². The molecule has 356 valence electrons. The molecule has 0 aliphatic heterocycles. The second-order valence-electron chi connectivity index (χ2n) is 18.1. The number of alkyl halides is 3. The number of benzene rings is 9. The van der Waals surface area contributed by atoms with E-state index in [2.05, 4.69) is 0 Å². The maximum absolute atomic E-state index is 16.9. The van der Waals surface area contributed by atoms with E-state index in [-0.39, 0.29) is 0 Å². The van der Waals surface area contributed by atoms with Crippen molar-refractivity contribution in [2.75, 3.05) is 0 Å². The molecule has 13 aromatic rings. The van der Waals surface area contributed by atoms with Gasteiger partial charge in [-0.1, -0.05) is 121 Å². The van der Waals surface area contributed by atoms with Crippen LogP contribution in [0.1, 0.15) is 23.7 Å². The van der Waals surface area contributed by atoms with E-state index in [0.717, 1.165) is 34.3 Å². The Morgan fingerprint density at radius 1 is 0.397 bits per heavy atom. The Kier molecular flexibility index (Phi) is 9.69. The Morgan fingerprint density at radius 3 is 1.29 bits per heavy atom. The molecular weight excluding hydrogens is 941 g/mol. The summed E-state index contributed by atoms with van der Waals surface area (Å²) in [6, 6.07) is 49.2. The lowest BCUT2D eigenvalue weighted by molar-refractivity contribution is -0.137. The molecule has 0 radical (unpaired) electrons. The van der Waals surface area contributed by atoms with E-state index in [1.165, 1.54) is 9.13 Å². The minimum atomic E-state index is -5.19. The first-order valence-corrected chi connectivity index (χ1v) is 23.4. The Bertz CT molecular complexity index is 4470. The molecule has 12 heteroatoms. The van der Waals surface area contributed by atoms with Crippen LogP contribution < -0.4 is 0 Å². The summed E-state index contributed by atoms with van der Waals surface area (Å²) < 4.78 is 138. The van der Waals surface area contributed by atoms with Crippen molar-refractivity contribution in [2.24, 2.45) is 0 Å². The lowest BCUT2D eigenvalue weighted by atomic mass is 9.97. The van der Waals surface area contributed by atoms with Gasteiger partial charge in [0.2, 0.25) is 5.82 Å². The highest BCUT2D eigenvalue weighted by Gasteiger charge is 2.39. The molecule has 9 aromatic carbocycles. The molecule has 0 N–H and O–H groups in total. The Hall–Kier alpha value is -8.90. The van der Waals surface area contributed by atoms with Crippen molar-refractivity contribution >= 4 is 82.4 Å². The van der Waals surface area contributed by atoms with Crippen LogP contribution in [0.5, 0.6) is 0 Å². The average Bonchev–Trinajstić information content (AvgIpc) is 4.12. The van der Waals surface area contributed by atoms with Gasteiger partial charge in [-0.05, 0) is 80.1 Å². The predicted octanol–water partition coefficient (Wildman–Crippen LogP) is 17.6. The number of allylic oxidation sites excluding steroid dienone is 1. The summed E-state index contributed by atoms with van der Waals surface area (Å²) >= 11 is 0. The van der Waals surface area contributed by atoms with Crippen LogP contribution in [-0.4, -0.2) is 18.3 Å². The quantitative estimate of drug-likeness (QED) is 0.0899. The van der Waals surface area contributed by atoms with Gasteiger partial charge in [0.1, 0.15) is 0 Å². The molecule has 0 bridgehead atoms. The fourth-order valence-electron chi connectivity index (χ4n) is 11.3. The smallest absolute Gasteiger partial charge is 0.308 e. The maximum atomic E-state index is 16.9. The van der Waals surface area contributed by atoms with Crippen LogP contribution in [0.3, 0.4) is 0 Å². The van der Waals surface area contributed by atoms with E-state index in [9.17, 15) is 0 Å². The van der Waals surface area contributed by atoms with Crippen LogP contribution in [0.15, 0.2) is 176 Å². The van der Waals surface area contributed by atoms with Gasteiger partial charge in [-0.15, -0.1) is 0 Å². The van der Waals surface area contributed by atoms with Gasteiger partial charge in [0.25, 0.3) is 0 Å². The third-order valence-corrected chi connectivity index (χ3v) is 14.3. The molecule has 0 saturated heterocycles. The zero-order chi connectivity index (χ0) is 50.2. The van der Waals surface area contributed by atoms with Crippen molar-refractivity contribution < 1.29 is 35.1 Å². The van der Waals surface area contributed by atoms with Crippen LogP contribution in [0, 0.1) is 36.0 Å². The Labute approximate surface area is 410 Å². The van der Waals surface area contributed by atoms with Gasteiger partial charge in [0, 0.05) is 60.3 Å². The summed E-state index contributed by atoms with van der Waals surface area (Å²) in [4.78, 5) is 0. The van der Waals surface area contributed by atoms with E-state index in [0.29, 0.717) is 76.8 Å². The van der Waals surface area contributed by atoms with E-state index >= 15 is 35.1 Å². The molecule has 13 rings (SSSR count). The van der Waals surface area contributed by atoms with Crippen molar-refractivity contribution in [1.82, 2.24) is 18.3 Å². The van der Waals surface area contributed by atoms with E-state index in [1.54, 1.807) is 48.5 Å². The molecule has 0 fully saturated rings. The SMILES string of the molecule is C/C=C\c1c(C)c2ccc3c4ccccc4n(-c4cc(C(F)(F)F)c(-n5c6ccccc6c6ccc7c8ccccc8n(-c8ccccc8)c7c65)cc4-c4c(F)c(F)c(F)c(F)c4F)c3c2n1-c1ccccc1. The van der Waals surface area contributed by atoms with Gasteiger partial charge in [-0.25, -0.2) is 22.0 Å². The largest absolute Gasteiger partial charge is 0.418 e. The fourth-order valence-corrected chi connectivity index (χ4v) is 11.3. The molecule has 73 heavy (non-hydrogen) atoms. The highest BCUT2D eigenvalue weighted by Crippen LogP contribution is 2.49. The molecular formula is C61H36F8N4. The average molecular weight is 977 g/mol. The van der Waals surface area contributed by atoms with Gasteiger partial charge in [-0.2, -0.15) is 13.2 Å². The number of fused-ring (bicyclic) bond motifs is 12. The van der Waals surface area contributed by atoms with E-state index in [1.807, 2.05) is 144 Å². The number of aryl methyl sites for hydroxylation is 1. The number of aromatic nitrogens is 4. The zero-order valence-corrected chi connectivity index (χ0v) is 38.6. The Balaban J connectivity index is 1.28. The van der Waals surface area contributed by atoms with Gasteiger partial charge in [-0.3, -0.25) is 0 Å². The number of hydrogen-bond acceptors (Lipinski definition) is 0. The molecule has 4 nitrogen and oxygen atoms in total. The first-order chi connectivity index (χ1) is 35.4. The van der Waals surface area contributed by atoms with Crippen LogP contribution >= 0.6 is 0 Å². The van der Waals surface area contributed by atoms with Gasteiger partial charge >= 0.3 is 6.18 Å². The number of hydrogen-bond donors (Lipinski definition) is 0. The van der Waals surface area contributed by atoms with E-state index in [4.69, 9.17) is 0 Å². The van der Waals surface area contributed by atoms with Gasteiger partial charge in [0.05, 0.1) is 61.1 Å². The molecule has 0 aliphatic rings. The second-order valence-corrected chi connectivity index (χ2v) is 18.1. The maximum Gasteiger partial charge on any atom is 0.418 e. The summed E-state index contributed by atoms with van der Waals surface area (Å²) in [6.45, 7) is 3.78. The lowest BCUT2D eigenvalue weighted by Gasteiger charge is -2.23. The third kappa shape index (κ3) is 6.19. The molecule has 4 heterocycles. The first kappa shape index (κ1) is 44.1. The van der Waals surface area contributed by atoms with Crippen LogP contribution in [0.4, 0.5) is 35.1 Å². The van der Waals surface area contributed by atoms with Crippen molar-refractivity contribution in [2.45, 2.75) is 20.0 Å². The summed E-state index contributed by atoms with van der Waals surface area (Å²) in [6.07, 6.45) is -1.41. The van der Waals surface area contributed by atoms with Crippen LogP contribution in [0.25, 0.3) is 116 Å². The third-order valence-electron chi connectivity index (χ3n) is 14.3. The number of nitrogens with zero attached hydrogens (tertiary/aromatic N) is 4. The lowest BCUT2D eigenvalue weighted by Crippen LogP contribution is -2.15. The summed E-state index contributed by atoms with van der Waals surface area (Å²) in [7, 11) is 0. The van der Waals surface area contributed by atoms with Gasteiger partial charge < -0.3 is 18.3 Å². The molecule has 0 aliphatic carbocycles. The summed E-state index contributed by atoms with van der Waals surface area (Å²) in [5.41, 5.74) is 1.65. The topological polar surface area (TPSA) is 19.7 Å². The normalized spacial score (nSPS) is 12.5. The van der Waals surface area contributed by atoms with Crippen molar-refractivity contribution in [1.29, 1.82) is 0 Å². The van der Waals surface area contributed by atoms with Crippen LogP contribution in [-0.2, 0) is 6.18 Å². The molecule has 0 saturated carbocycles. The minimum Gasteiger partial charge on any atom is -0.308 e. The summed E-state index contributed by atoms with van der Waals surface area (Å²) in [5.74, 6) is -11.3. The zero-order valence-electron chi connectivity index (χ0n) is 38.6. The highest BCUT2D eigenvalue weighted by atomic mass is 19.4. The molecule has 4 aromatic heterocycles. The van der Waals surface area contributed by atoms with Crippen molar-refractivity contribution in [3.05, 3.63) is 222 Å². The molecule has 0 spiro atoms. The van der Waals surface area contributed by atoms with Gasteiger partial charge in [0.15, 0.2) is 23.3 Å². The number of halogens is 8. The predicted molar refractivity (Wildman–Crippen MR) is 276 cm³/mol. The minimum absolute atomic E-state index is 0.294. The standard InChI is InChI=1S/C61H36F8N4/c1-3-16-45-33(2)36-27-28-41-38-22-11-14-25-47(38)72(59(41)57(36)70(45)34-17-6-4-7-18-34)49-32-44(61(67,68)69)50(31-43(49)51-52(62)54(64)56(66)55(65)53(51)63)73-48-26-15-12-23-39(48)42-30-29-40-37-21-10-13-24-46(37)71(58(40)60(42)73)35-19-8-5-9-20-35/h3-32H,1-2H3/b16-3-. The van der Waals surface area contributed by atoms with Crippen LogP contribution in [0.2, 0.25) is 0 Å². The van der Waals surface area contributed by atoms with E-state index < -0.39 is 63.3 Å². The number of para-hydroxylation sites is 5. The van der Waals surface area contributed by atoms with Crippen molar-refractivity contribution in [3.8, 4) is 33.9 Å². The summed E-state index contributed by atoms with van der Waals surface area (Å²) in [5, 5.41) is 4.44. The number of rotatable bonds is 6. The Morgan fingerprint density at radius 2 is 0.795 bits per heavy atom. The first-order valence-electron chi connectivity index (χ1n) is 23.4. The molecule has 0 atom stereocenters. The monoisotopic (exact) mass is 976 g/mol. The molecule has 0 amide bonds.